The van der Waals surface area contributed by atoms with Gasteiger partial charge in [-0.15, -0.1) is 0 Å². The number of carbonyl (C=O) groups is 1. The second-order valence-corrected chi connectivity index (χ2v) is 4.88. The number of anilines is 1. The van der Waals surface area contributed by atoms with Crippen LogP contribution in [0.25, 0.3) is 11.6 Å². The Kier molecular flexibility index (Phi) is 2.99. The van der Waals surface area contributed by atoms with Crippen LogP contribution in [0, 0.1) is 17.0 Å². The number of hydrogen-bond acceptors (Lipinski definition) is 5. The molecule has 8 heteroatoms. The minimum atomic E-state index is -0.593. The summed E-state index contributed by atoms with van der Waals surface area (Å²) in [5.74, 6) is -0.453. The van der Waals surface area contributed by atoms with Gasteiger partial charge in [-0.25, -0.2) is 0 Å². The van der Waals surface area contributed by atoms with Crippen molar-refractivity contribution in [2.45, 2.75) is 6.92 Å². The summed E-state index contributed by atoms with van der Waals surface area (Å²) in [4.78, 5) is 22.4. The van der Waals surface area contributed by atoms with Gasteiger partial charge < -0.3 is 9.84 Å². The highest BCUT2D eigenvalue weighted by molar-refractivity contribution is 6.36. The van der Waals surface area contributed by atoms with E-state index in [0.717, 1.165) is 0 Å². The third-order valence-corrected chi connectivity index (χ3v) is 3.31. The number of hydrogen-bond donors (Lipinski definition) is 1. The van der Waals surface area contributed by atoms with Gasteiger partial charge in [-0.2, -0.15) is 0 Å². The van der Waals surface area contributed by atoms with Crippen LogP contribution in [0.15, 0.2) is 22.7 Å². The lowest BCUT2D eigenvalue weighted by molar-refractivity contribution is -0.386. The molecule has 0 saturated heterocycles. The predicted molar refractivity (Wildman–Crippen MR) is 75.8 cm³/mol. The van der Waals surface area contributed by atoms with Crippen LogP contribution in [-0.4, -0.2) is 16.0 Å². The molecule has 0 aliphatic carbocycles. The maximum absolute atomic E-state index is 12.0. The summed E-state index contributed by atoms with van der Waals surface area (Å²) >= 11 is 5.91. The molecule has 0 spiro atoms. The van der Waals surface area contributed by atoms with Crippen molar-refractivity contribution in [1.29, 1.82) is 0 Å². The van der Waals surface area contributed by atoms with Gasteiger partial charge in [-0.05, 0) is 25.1 Å². The van der Waals surface area contributed by atoms with Crippen LogP contribution in [0.1, 0.15) is 17.0 Å². The lowest BCUT2D eigenvalue weighted by Gasteiger charge is -1.98. The predicted octanol–water partition coefficient (Wildman–Crippen LogP) is 3.04. The van der Waals surface area contributed by atoms with Crippen molar-refractivity contribution in [3.63, 3.8) is 0 Å². The molecule has 1 N–H and O–H groups in total. The maximum atomic E-state index is 12.0. The van der Waals surface area contributed by atoms with Crippen molar-refractivity contribution < 1.29 is 14.2 Å². The second kappa shape index (κ2) is 4.71. The molecule has 0 unspecified atom stereocenters. The van der Waals surface area contributed by atoms with E-state index in [0.29, 0.717) is 16.3 Å². The third-order valence-electron chi connectivity index (χ3n) is 3.08. The zero-order valence-corrected chi connectivity index (χ0v) is 11.5. The summed E-state index contributed by atoms with van der Waals surface area (Å²) < 4.78 is 4.93. The van der Waals surface area contributed by atoms with Gasteiger partial charge in [-0.1, -0.05) is 16.8 Å². The molecule has 3 rings (SSSR count). The molecule has 0 atom stereocenters. The molecule has 2 heterocycles. The molecule has 21 heavy (non-hydrogen) atoms. The van der Waals surface area contributed by atoms with Crippen molar-refractivity contribution >= 4 is 40.5 Å². The summed E-state index contributed by atoms with van der Waals surface area (Å²) in [6, 6.07) is 4.91. The molecule has 1 amide bonds. The SMILES string of the molecule is Cc1noc(/C=C2\C(=O)Nc3ccc(Cl)cc32)c1[N+](=O)[O-]. The van der Waals surface area contributed by atoms with Crippen LogP contribution in [-0.2, 0) is 4.79 Å². The Bertz CT molecular complexity index is 810. The lowest BCUT2D eigenvalue weighted by Crippen LogP contribution is -2.03. The number of nitrogens with one attached hydrogen (secondary N) is 1. The molecular formula is C13H8ClN3O4. The Morgan fingerprint density at radius 1 is 1.48 bits per heavy atom. The Hall–Kier alpha value is -2.67. The first-order valence-corrected chi connectivity index (χ1v) is 6.29. The van der Waals surface area contributed by atoms with E-state index in [1.807, 2.05) is 0 Å². The van der Waals surface area contributed by atoms with E-state index in [9.17, 15) is 14.9 Å². The van der Waals surface area contributed by atoms with Crippen molar-refractivity contribution in [2.75, 3.05) is 5.32 Å². The lowest BCUT2D eigenvalue weighted by atomic mass is 10.1. The number of aromatic nitrogens is 1. The fourth-order valence-electron chi connectivity index (χ4n) is 2.13. The van der Waals surface area contributed by atoms with Gasteiger partial charge in [0.15, 0.2) is 5.69 Å². The molecule has 0 bridgehead atoms. The zero-order valence-electron chi connectivity index (χ0n) is 10.7. The third kappa shape index (κ3) is 2.17. The molecule has 2 aromatic rings. The van der Waals surface area contributed by atoms with Gasteiger partial charge in [0.2, 0.25) is 5.76 Å². The molecule has 0 radical (unpaired) electrons. The molecule has 106 valence electrons. The van der Waals surface area contributed by atoms with Gasteiger partial charge in [0, 0.05) is 22.3 Å². The fraction of sp³-hybridized carbons (Fsp3) is 0.0769. The number of carbonyl (C=O) groups excluding carboxylic acids is 1. The van der Waals surface area contributed by atoms with Gasteiger partial charge in [-0.3, -0.25) is 14.9 Å². The number of amides is 1. The average molecular weight is 306 g/mol. The van der Waals surface area contributed by atoms with Gasteiger partial charge >= 0.3 is 5.69 Å². The van der Waals surface area contributed by atoms with E-state index in [2.05, 4.69) is 10.5 Å². The smallest absolute Gasteiger partial charge is 0.338 e. The Morgan fingerprint density at radius 2 is 2.24 bits per heavy atom. The van der Waals surface area contributed by atoms with Gasteiger partial charge in [0.05, 0.1) is 10.5 Å². The summed E-state index contributed by atoms with van der Waals surface area (Å²) in [5, 5.41) is 17.7. The quantitative estimate of drug-likeness (QED) is 0.522. The first-order chi connectivity index (χ1) is 9.97. The number of nitro groups is 1. The van der Waals surface area contributed by atoms with Crippen molar-refractivity contribution in [1.82, 2.24) is 5.16 Å². The van der Waals surface area contributed by atoms with E-state index < -0.39 is 4.92 Å². The first kappa shape index (κ1) is 13.3. The molecule has 0 saturated carbocycles. The number of nitrogens with zero attached hydrogens (tertiary/aromatic N) is 2. The van der Waals surface area contributed by atoms with Crippen LogP contribution >= 0.6 is 11.6 Å². The van der Waals surface area contributed by atoms with Crippen molar-refractivity contribution in [2.24, 2.45) is 0 Å². The van der Waals surface area contributed by atoms with E-state index >= 15 is 0 Å². The normalized spacial score (nSPS) is 15.1. The van der Waals surface area contributed by atoms with Crippen molar-refractivity contribution in [3.05, 3.63) is 50.4 Å². The van der Waals surface area contributed by atoms with Crippen LogP contribution in [0.4, 0.5) is 11.4 Å². The number of fused-ring (bicyclic) bond motifs is 1. The highest BCUT2D eigenvalue weighted by atomic mass is 35.5. The fourth-order valence-corrected chi connectivity index (χ4v) is 2.31. The molecule has 1 aliphatic rings. The summed E-state index contributed by atoms with van der Waals surface area (Å²) in [5.41, 5.74) is 1.29. The van der Waals surface area contributed by atoms with Crippen LogP contribution < -0.4 is 5.32 Å². The van der Waals surface area contributed by atoms with Crippen LogP contribution in [0.2, 0.25) is 5.02 Å². The van der Waals surface area contributed by atoms with E-state index in [4.69, 9.17) is 16.1 Å². The van der Waals surface area contributed by atoms with Gasteiger partial charge in [0.1, 0.15) is 0 Å². The minimum Gasteiger partial charge on any atom is -0.349 e. The number of benzene rings is 1. The molecule has 1 aromatic carbocycles. The average Bonchev–Trinajstić information content (AvgIpc) is 2.92. The summed E-state index contributed by atoms with van der Waals surface area (Å²) in [6.07, 6.45) is 1.30. The van der Waals surface area contributed by atoms with E-state index in [-0.39, 0.29) is 28.6 Å². The van der Waals surface area contributed by atoms with Crippen LogP contribution in [0.5, 0.6) is 0 Å². The Labute approximate surface area is 123 Å². The zero-order chi connectivity index (χ0) is 15.1. The molecule has 1 aromatic heterocycles. The molecule has 1 aliphatic heterocycles. The van der Waals surface area contributed by atoms with Crippen LogP contribution in [0.3, 0.4) is 0 Å². The first-order valence-electron chi connectivity index (χ1n) is 5.91. The Morgan fingerprint density at radius 3 is 2.95 bits per heavy atom. The van der Waals surface area contributed by atoms with Gasteiger partial charge in [0.25, 0.3) is 5.91 Å². The van der Waals surface area contributed by atoms with E-state index in [1.54, 1.807) is 18.2 Å². The minimum absolute atomic E-state index is 0.0736. The maximum Gasteiger partial charge on any atom is 0.338 e. The topological polar surface area (TPSA) is 98.3 Å². The molecular weight excluding hydrogens is 298 g/mol. The highest BCUT2D eigenvalue weighted by Gasteiger charge is 2.28. The monoisotopic (exact) mass is 305 g/mol. The number of aryl methyl sites for hydroxylation is 1. The molecule has 7 nitrogen and oxygen atoms in total. The Balaban J connectivity index is 2.16. The largest absolute Gasteiger partial charge is 0.349 e. The summed E-state index contributed by atoms with van der Waals surface area (Å²) in [6.45, 7) is 1.46. The second-order valence-electron chi connectivity index (χ2n) is 4.44. The summed E-state index contributed by atoms with van der Waals surface area (Å²) in [7, 11) is 0. The number of rotatable bonds is 2. The highest BCUT2D eigenvalue weighted by Crippen LogP contribution is 2.36. The van der Waals surface area contributed by atoms with E-state index in [1.165, 1.54) is 13.0 Å². The number of halogens is 1. The standard InChI is InChI=1S/C13H8ClN3O4/c1-6-12(17(19)20)11(21-16-6)5-9-8-4-7(14)2-3-10(8)15-13(9)18/h2-5H,1H3,(H,15,18)/b9-5-. The molecule has 0 fully saturated rings. The van der Waals surface area contributed by atoms with Crippen molar-refractivity contribution in [3.8, 4) is 0 Å².